The Morgan fingerprint density at radius 2 is 1.78 bits per heavy atom. The van der Waals surface area contributed by atoms with Gasteiger partial charge in [0.15, 0.2) is 0 Å². The standard InChI is InChI=1S/C22H14ClNO3/c1-2-11-3-4-12(13-5-8-17(23)24-10-13)9-14(11)18-21(25)19-15-6-7-16(27-15)20(19)22(18)26/h3-10,25H,2H2,1H3. The minimum atomic E-state index is -0.196. The fourth-order valence-corrected chi connectivity index (χ4v) is 3.88. The number of aliphatic hydroxyl groups excluding tert-OH is 1. The summed E-state index contributed by atoms with van der Waals surface area (Å²) in [5.74, 6) is -0.205. The zero-order valence-corrected chi connectivity index (χ0v) is 15.2. The first kappa shape index (κ1) is 16.1. The molecule has 3 heterocycles. The quantitative estimate of drug-likeness (QED) is 0.461. The second-order valence-corrected chi connectivity index (χ2v) is 6.95. The molecule has 0 amide bonds. The van der Waals surface area contributed by atoms with E-state index in [4.69, 9.17) is 16.0 Å². The molecule has 27 heavy (non-hydrogen) atoms. The summed E-state index contributed by atoms with van der Waals surface area (Å²) in [7, 11) is 0. The lowest BCUT2D eigenvalue weighted by atomic mass is 9.92. The van der Waals surface area contributed by atoms with Gasteiger partial charge >= 0.3 is 0 Å². The Morgan fingerprint density at radius 1 is 1.04 bits per heavy atom. The average Bonchev–Trinajstić information content (AvgIpc) is 3.36. The maximum atomic E-state index is 13.1. The van der Waals surface area contributed by atoms with E-state index in [9.17, 15) is 9.90 Å². The number of furan rings is 2. The van der Waals surface area contributed by atoms with Gasteiger partial charge in [0.05, 0.1) is 16.7 Å². The summed E-state index contributed by atoms with van der Waals surface area (Å²) in [6.45, 7) is 2.03. The number of allylic oxidation sites excluding steroid dienone is 1. The molecule has 5 rings (SSSR count). The molecule has 4 aromatic rings. The molecule has 2 bridgehead atoms. The van der Waals surface area contributed by atoms with E-state index >= 15 is 0 Å². The predicted octanol–water partition coefficient (Wildman–Crippen LogP) is 5.77. The van der Waals surface area contributed by atoms with Crippen LogP contribution in [0.1, 0.15) is 34.0 Å². The van der Waals surface area contributed by atoms with Crippen molar-refractivity contribution in [3.05, 3.63) is 76.1 Å². The van der Waals surface area contributed by atoms with Gasteiger partial charge in [-0.05, 0) is 53.4 Å². The molecule has 0 saturated heterocycles. The number of benzene rings is 2. The Hall–Kier alpha value is -3.11. The first-order chi connectivity index (χ1) is 13.1. The van der Waals surface area contributed by atoms with Gasteiger partial charge in [-0.2, -0.15) is 0 Å². The molecule has 0 atom stereocenters. The van der Waals surface area contributed by atoms with Crippen molar-refractivity contribution < 1.29 is 14.3 Å². The SMILES string of the molecule is CCc1ccc(-c2ccc(Cl)nc2)cc1C1=C(O)c2c(c3ccc2o3)C1=O. The van der Waals surface area contributed by atoms with E-state index in [0.717, 1.165) is 28.7 Å². The summed E-state index contributed by atoms with van der Waals surface area (Å²) in [6, 6.07) is 13.1. The number of pyridine rings is 1. The first-order valence-electron chi connectivity index (χ1n) is 8.67. The van der Waals surface area contributed by atoms with Crippen LogP contribution >= 0.6 is 11.6 Å². The molecule has 0 saturated carbocycles. The van der Waals surface area contributed by atoms with Gasteiger partial charge in [-0.25, -0.2) is 4.98 Å². The van der Waals surface area contributed by atoms with Gasteiger partial charge in [-0.3, -0.25) is 4.79 Å². The topological polar surface area (TPSA) is 63.3 Å². The second-order valence-electron chi connectivity index (χ2n) is 6.56. The summed E-state index contributed by atoms with van der Waals surface area (Å²) in [5.41, 5.74) is 5.89. The highest BCUT2D eigenvalue weighted by atomic mass is 35.5. The molecule has 1 aliphatic rings. The first-order valence-corrected chi connectivity index (χ1v) is 9.04. The largest absolute Gasteiger partial charge is 0.506 e. The van der Waals surface area contributed by atoms with Crippen LogP contribution in [0.5, 0.6) is 0 Å². The third-order valence-electron chi connectivity index (χ3n) is 5.10. The summed E-state index contributed by atoms with van der Waals surface area (Å²) >= 11 is 5.88. The van der Waals surface area contributed by atoms with Crippen LogP contribution in [-0.2, 0) is 6.42 Å². The van der Waals surface area contributed by atoms with Gasteiger partial charge < -0.3 is 9.52 Å². The number of hydrogen-bond donors (Lipinski definition) is 1. The number of fused-ring (bicyclic) bond motifs is 5. The van der Waals surface area contributed by atoms with Gasteiger partial charge in [0, 0.05) is 11.8 Å². The third kappa shape index (κ3) is 2.23. The fourth-order valence-electron chi connectivity index (χ4n) is 3.76. The lowest BCUT2D eigenvalue weighted by Crippen LogP contribution is -2.02. The Labute approximate surface area is 160 Å². The number of carbonyl (C=O) groups is 1. The van der Waals surface area contributed by atoms with Crippen molar-refractivity contribution in [3.63, 3.8) is 0 Å². The van der Waals surface area contributed by atoms with Crippen LogP contribution in [0, 0.1) is 0 Å². The van der Waals surface area contributed by atoms with E-state index in [0.29, 0.717) is 33.0 Å². The maximum absolute atomic E-state index is 13.1. The summed E-state index contributed by atoms with van der Waals surface area (Å²) in [4.78, 5) is 17.2. The molecule has 1 aliphatic carbocycles. The molecule has 1 N–H and O–H groups in total. The van der Waals surface area contributed by atoms with Gasteiger partial charge in [-0.1, -0.05) is 30.7 Å². The Bertz CT molecular complexity index is 1230. The number of nitrogens with zero attached hydrogens (tertiary/aromatic N) is 1. The highest BCUT2D eigenvalue weighted by molar-refractivity contribution is 6.42. The van der Waals surface area contributed by atoms with Crippen LogP contribution in [-0.4, -0.2) is 15.9 Å². The average molecular weight is 376 g/mol. The Kier molecular flexibility index (Phi) is 3.39. The normalized spacial score (nSPS) is 13.8. The monoisotopic (exact) mass is 375 g/mol. The van der Waals surface area contributed by atoms with Crippen LogP contribution in [0.3, 0.4) is 0 Å². The number of aromatic nitrogens is 1. The molecule has 0 aliphatic heterocycles. The van der Waals surface area contributed by atoms with Crippen molar-refractivity contribution in [1.29, 1.82) is 0 Å². The fraction of sp³-hybridized carbons (Fsp3) is 0.0909. The number of rotatable bonds is 3. The van der Waals surface area contributed by atoms with Crippen LogP contribution in [0.15, 0.2) is 53.1 Å². The molecule has 0 fully saturated rings. The van der Waals surface area contributed by atoms with Gasteiger partial charge in [0.2, 0.25) is 5.78 Å². The van der Waals surface area contributed by atoms with E-state index in [1.165, 1.54) is 0 Å². The molecular formula is C22H14ClNO3. The maximum Gasteiger partial charge on any atom is 0.202 e. The molecule has 3 aromatic heterocycles. The highest BCUT2D eigenvalue weighted by Gasteiger charge is 2.37. The third-order valence-corrected chi connectivity index (χ3v) is 5.32. The van der Waals surface area contributed by atoms with Crippen LogP contribution in [0.4, 0.5) is 0 Å². The van der Waals surface area contributed by atoms with Crippen LogP contribution < -0.4 is 0 Å². The minimum Gasteiger partial charge on any atom is -0.506 e. The lowest BCUT2D eigenvalue weighted by Gasteiger charge is -2.12. The molecule has 132 valence electrons. The van der Waals surface area contributed by atoms with Crippen molar-refractivity contribution in [2.24, 2.45) is 0 Å². The number of hydrogen-bond acceptors (Lipinski definition) is 4. The highest BCUT2D eigenvalue weighted by Crippen LogP contribution is 2.45. The molecular weight excluding hydrogens is 362 g/mol. The van der Waals surface area contributed by atoms with Crippen LogP contribution in [0.2, 0.25) is 5.15 Å². The van der Waals surface area contributed by atoms with E-state index in [1.54, 1.807) is 24.4 Å². The molecule has 4 nitrogen and oxygen atoms in total. The summed E-state index contributed by atoms with van der Waals surface area (Å²) in [5, 5.41) is 11.3. The van der Waals surface area contributed by atoms with Crippen molar-refractivity contribution in [2.75, 3.05) is 0 Å². The van der Waals surface area contributed by atoms with E-state index < -0.39 is 0 Å². The minimum absolute atomic E-state index is 0.00886. The number of aliphatic hydroxyl groups is 1. The van der Waals surface area contributed by atoms with Crippen molar-refractivity contribution in [2.45, 2.75) is 13.3 Å². The Balaban J connectivity index is 1.70. The van der Waals surface area contributed by atoms with Gasteiger partial charge in [-0.15, -0.1) is 0 Å². The van der Waals surface area contributed by atoms with Crippen molar-refractivity contribution in [1.82, 2.24) is 4.98 Å². The molecule has 1 aromatic carbocycles. The summed E-state index contributed by atoms with van der Waals surface area (Å²) < 4.78 is 5.54. The smallest absolute Gasteiger partial charge is 0.202 e. The second kappa shape index (κ2) is 5.69. The number of ketones is 1. The summed E-state index contributed by atoms with van der Waals surface area (Å²) in [6.07, 6.45) is 2.44. The Morgan fingerprint density at radius 3 is 2.44 bits per heavy atom. The zero-order chi connectivity index (χ0) is 18.7. The predicted molar refractivity (Wildman–Crippen MR) is 105 cm³/mol. The lowest BCUT2D eigenvalue weighted by molar-refractivity contribution is 0.106. The van der Waals surface area contributed by atoms with Gasteiger partial charge in [0.1, 0.15) is 22.1 Å². The van der Waals surface area contributed by atoms with E-state index in [1.807, 2.05) is 31.2 Å². The van der Waals surface area contributed by atoms with E-state index in [-0.39, 0.29) is 11.5 Å². The van der Waals surface area contributed by atoms with Crippen LogP contribution in [0.25, 0.3) is 33.6 Å². The molecule has 0 unspecified atom stereocenters. The molecule has 5 heteroatoms. The number of halogens is 1. The number of aryl methyl sites for hydroxylation is 1. The number of carbonyl (C=O) groups excluding carboxylic acids is 1. The van der Waals surface area contributed by atoms with Gasteiger partial charge in [0.25, 0.3) is 0 Å². The molecule has 0 spiro atoms. The number of Topliss-reactive ketones (excluding diaryl/α,β-unsaturated/α-hetero) is 1. The van der Waals surface area contributed by atoms with Crippen molar-refractivity contribution in [3.8, 4) is 11.1 Å². The van der Waals surface area contributed by atoms with Crippen molar-refractivity contribution >= 4 is 39.9 Å². The zero-order valence-electron chi connectivity index (χ0n) is 14.4. The van der Waals surface area contributed by atoms with E-state index in [2.05, 4.69) is 4.98 Å². The molecule has 0 radical (unpaired) electrons.